The van der Waals surface area contributed by atoms with Gasteiger partial charge in [0.2, 0.25) is 5.91 Å². The normalized spacial score (nSPS) is 20.4. The van der Waals surface area contributed by atoms with E-state index >= 15 is 0 Å². The highest BCUT2D eigenvalue weighted by molar-refractivity contribution is 5.92. The van der Waals surface area contributed by atoms with Crippen LogP contribution in [0.5, 0.6) is 0 Å². The van der Waals surface area contributed by atoms with E-state index in [0.717, 1.165) is 38.0 Å². The van der Waals surface area contributed by atoms with Crippen LogP contribution in [0.3, 0.4) is 0 Å². The number of carbonyl (C=O) groups is 2. The van der Waals surface area contributed by atoms with Gasteiger partial charge in [0, 0.05) is 45.3 Å². The van der Waals surface area contributed by atoms with Crippen molar-refractivity contribution in [1.82, 2.24) is 14.4 Å². The van der Waals surface area contributed by atoms with Gasteiger partial charge in [-0.25, -0.2) is 0 Å². The largest absolute Gasteiger partial charge is 0.347 e. The van der Waals surface area contributed by atoms with Gasteiger partial charge in [-0.3, -0.25) is 9.59 Å². The van der Waals surface area contributed by atoms with Crippen molar-refractivity contribution >= 4 is 11.8 Å². The van der Waals surface area contributed by atoms with E-state index in [9.17, 15) is 9.59 Å². The quantitative estimate of drug-likeness (QED) is 0.840. The smallest absolute Gasteiger partial charge is 0.270 e. The standard InChI is InChI=1S/C18H27N3O2/c1-19-10-5-9-16(19)18(23)21-12-6-11-20(13-14-21)17(22)15-7-3-2-4-8-15/h5,9-10,15H,2-4,6-8,11-14H2,1H3. The molecule has 2 heterocycles. The first-order valence-corrected chi connectivity index (χ1v) is 8.86. The van der Waals surface area contributed by atoms with Gasteiger partial charge in [-0.2, -0.15) is 0 Å². The number of hydrogen-bond donors (Lipinski definition) is 0. The molecule has 1 saturated heterocycles. The van der Waals surface area contributed by atoms with Crippen molar-refractivity contribution < 1.29 is 9.59 Å². The maximum atomic E-state index is 12.7. The monoisotopic (exact) mass is 317 g/mol. The predicted octanol–water partition coefficient (Wildman–Crippen LogP) is 2.28. The van der Waals surface area contributed by atoms with Crippen LogP contribution in [-0.4, -0.2) is 52.4 Å². The summed E-state index contributed by atoms with van der Waals surface area (Å²) in [6.45, 7) is 2.83. The number of amides is 2. The fraction of sp³-hybridized carbons (Fsp3) is 0.667. The van der Waals surface area contributed by atoms with E-state index < -0.39 is 0 Å². The topological polar surface area (TPSA) is 45.6 Å². The van der Waals surface area contributed by atoms with Crippen LogP contribution >= 0.6 is 0 Å². The van der Waals surface area contributed by atoms with Gasteiger partial charge in [-0.1, -0.05) is 19.3 Å². The summed E-state index contributed by atoms with van der Waals surface area (Å²) in [4.78, 5) is 29.2. The minimum absolute atomic E-state index is 0.0736. The van der Waals surface area contributed by atoms with Gasteiger partial charge in [0.05, 0.1) is 0 Å². The summed E-state index contributed by atoms with van der Waals surface area (Å²) in [6, 6.07) is 3.75. The molecular weight excluding hydrogens is 290 g/mol. The van der Waals surface area contributed by atoms with Gasteiger partial charge in [0.15, 0.2) is 0 Å². The Hall–Kier alpha value is -1.78. The third kappa shape index (κ3) is 3.59. The van der Waals surface area contributed by atoms with Gasteiger partial charge >= 0.3 is 0 Å². The number of nitrogens with zero attached hydrogens (tertiary/aromatic N) is 3. The maximum Gasteiger partial charge on any atom is 0.270 e. The Morgan fingerprint density at radius 3 is 2.35 bits per heavy atom. The lowest BCUT2D eigenvalue weighted by atomic mass is 9.88. The molecule has 1 aromatic rings. The van der Waals surface area contributed by atoms with Gasteiger partial charge in [0.1, 0.15) is 5.69 Å². The number of carbonyl (C=O) groups excluding carboxylic acids is 2. The van der Waals surface area contributed by atoms with Crippen LogP contribution in [0.1, 0.15) is 49.0 Å². The third-order valence-electron chi connectivity index (χ3n) is 5.21. The zero-order valence-corrected chi connectivity index (χ0v) is 14.0. The molecule has 0 atom stereocenters. The van der Waals surface area contributed by atoms with Crippen LogP contribution in [0.2, 0.25) is 0 Å². The molecular formula is C18H27N3O2. The molecule has 0 radical (unpaired) electrons. The Balaban J connectivity index is 1.59. The molecule has 0 aromatic carbocycles. The van der Waals surface area contributed by atoms with Crippen molar-refractivity contribution in [2.45, 2.75) is 38.5 Å². The highest BCUT2D eigenvalue weighted by Gasteiger charge is 2.28. The molecule has 1 aromatic heterocycles. The molecule has 0 spiro atoms. The first kappa shape index (κ1) is 16.1. The first-order valence-electron chi connectivity index (χ1n) is 8.86. The number of aryl methyl sites for hydroxylation is 1. The van der Waals surface area contributed by atoms with Crippen molar-refractivity contribution in [3.8, 4) is 0 Å². The van der Waals surface area contributed by atoms with E-state index in [1.165, 1.54) is 19.3 Å². The highest BCUT2D eigenvalue weighted by atomic mass is 16.2. The van der Waals surface area contributed by atoms with E-state index in [1.54, 1.807) is 0 Å². The Bertz CT molecular complexity index is 560. The van der Waals surface area contributed by atoms with Crippen molar-refractivity contribution in [2.24, 2.45) is 13.0 Å². The van der Waals surface area contributed by atoms with Crippen molar-refractivity contribution in [3.63, 3.8) is 0 Å². The average molecular weight is 317 g/mol. The van der Waals surface area contributed by atoms with Crippen LogP contribution in [0.15, 0.2) is 18.3 Å². The van der Waals surface area contributed by atoms with Gasteiger partial charge < -0.3 is 14.4 Å². The molecule has 2 amide bonds. The van der Waals surface area contributed by atoms with E-state index in [0.29, 0.717) is 19.0 Å². The molecule has 0 bridgehead atoms. The molecule has 2 fully saturated rings. The molecule has 126 valence electrons. The Kier molecular flexibility index (Phi) is 5.03. The third-order valence-corrected chi connectivity index (χ3v) is 5.21. The van der Waals surface area contributed by atoms with E-state index in [2.05, 4.69) is 0 Å². The molecule has 1 aliphatic heterocycles. The van der Waals surface area contributed by atoms with Gasteiger partial charge in [0.25, 0.3) is 5.91 Å². The van der Waals surface area contributed by atoms with Crippen LogP contribution < -0.4 is 0 Å². The first-order chi connectivity index (χ1) is 11.2. The van der Waals surface area contributed by atoms with Crippen LogP contribution in [0.4, 0.5) is 0 Å². The van der Waals surface area contributed by atoms with Crippen molar-refractivity contribution in [3.05, 3.63) is 24.0 Å². The summed E-state index contributed by atoms with van der Waals surface area (Å²) in [6.07, 6.45) is 8.48. The van der Waals surface area contributed by atoms with Gasteiger partial charge in [-0.05, 0) is 31.4 Å². The lowest BCUT2D eigenvalue weighted by Crippen LogP contribution is -2.40. The minimum atomic E-state index is 0.0736. The lowest BCUT2D eigenvalue weighted by Gasteiger charge is -2.28. The number of rotatable bonds is 2. The number of hydrogen-bond acceptors (Lipinski definition) is 2. The molecule has 1 aliphatic carbocycles. The van der Waals surface area contributed by atoms with E-state index in [-0.39, 0.29) is 11.8 Å². The summed E-state index contributed by atoms with van der Waals surface area (Å²) in [7, 11) is 1.89. The molecule has 2 aliphatic rings. The second-order valence-electron chi connectivity index (χ2n) is 6.81. The minimum Gasteiger partial charge on any atom is -0.347 e. The zero-order valence-electron chi connectivity index (χ0n) is 14.0. The second kappa shape index (κ2) is 7.20. The summed E-state index contributed by atoms with van der Waals surface area (Å²) < 4.78 is 1.86. The van der Waals surface area contributed by atoms with Gasteiger partial charge in [-0.15, -0.1) is 0 Å². The summed E-state index contributed by atoms with van der Waals surface area (Å²) in [5.74, 6) is 0.612. The highest BCUT2D eigenvalue weighted by Crippen LogP contribution is 2.26. The Morgan fingerprint density at radius 2 is 1.65 bits per heavy atom. The van der Waals surface area contributed by atoms with Crippen LogP contribution in [0.25, 0.3) is 0 Å². The van der Waals surface area contributed by atoms with E-state index in [4.69, 9.17) is 0 Å². The Morgan fingerprint density at radius 1 is 0.957 bits per heavy atom. The lowest BCUT2D eigenvalue weighted by molar-refractivity contribution is -0.136. The molecule has 5 heteroatoms. The maximum absolute atomic E-state index is 12.7. The summed E-state index contributed by atoms with van der Waals surface area (Å²) in [5.41, 5.74) is 0.719. The van der Waals surface area contributed by atoms with Crippen molar-refractivity contribution in [2.75, 3.05) is 26.2 Å². The molecule has 23 heavy (non-hydrogen) atoms. The summed E-state index contributed by atoms with van der Waals surface area (Å²) >= 11 is 0. The van der Waals surface area contributed by atoms with Crippen LogP contribution in [0, 0.1) is 5.92 Å². The Labute approximate surface area is 138 Å². The van der Waals surface area contributed by atoms with E-state index in [1.807, 2.05) is 39.7 Å². The van der Waals surface area contributed by atoms with Crippen molar-refractivity contribution in [1.29, 1.82) is 0 Å². The SMILES string of the molecule is Cn1cccc1C(=O)N1CCCN(C(=O)C2CCCCC2)CC1. The fourth-order valence-electron chi connectivity index (χ4n) is 3.79. The molecule has 3 rings (SSSR count). The molecule has 1 saturated carbocycles. The molecule has 0 unspecified atom stereocenters. The number of aromatic nitrogens is 1. The zero-order chi connectivity index (χ0) is 16.2. The fourth-order valence-corrected chi connectivity index (χ4v) is 3.79. The van der Waals surface area contributed by atoms with Crippen LogP contribution in [-0.2, 0) is 11.8 Å². The molecule has 0 N–H and O–H groups in total. The predicted molar refractivity (Wildman–Crippen MR) is 89.1 cm³/mol. The molecule has 5 nitrogen and oxygen atoms in total. The summed E-state index contributed by atoms with van der Waals surface area (Å²) in [5, 5.41) is 0. The average Bonchev–Trinajstić information content (AvgIpc) is 2.86. The second-order valence-corrected chi connectivity index (χ2v) is 6.81.